The molecule has 1 rings (SSSR count). The third-order valence-electron chi connectivity index (χ3n) is 2.55. The fourth-order valence-electron chi connectivity index (χ4n) is 1.48. The molecule has 0 saturated heterocycles. The molecule has 0 aliphatic carbocycles. The van der Waals surface area contributed by atoms with Gasteiger partial charge in [0.05, 0.1) is 0 Å². The van der Waals surface area contributed by atoms with Gasteiger partial charge in [-0.1, -0.05) is 12.1 Å². The maximum Gasteiger partial charge on any atom is 0.506 e. The molecule has 0 bridgehead atoms. The predicted molar refractivity (Wildman–Crippen MR) is 62.3 cm³/mol. The first kappa shape index (κ1) is 19.7. The summed E-state index contributed by atoms with van der Waals surface area (Å²) < 4.78 is 118. The van der Waals surface area contributed by atoms with Gasteiger partial charge in [-0.25, -0.2) is 0 Å². The van der Waals surface area contributed by atoms with E-state index in [0.717, 1.165) is 12.1 Å². The van der Waals surface area contributed by atoms with E-state index in [9.17, 15) is 39.5 Å². The summed E-state index contributed by atoms with van der Waals surface area (Å²) in [6.45, 7) is 0. The number of alkyl halides is 9. The van der Waals surface area contributed by atoms with Crippen LogP contribution in [0.5, 0.6) is 5.75 Å². The highest BCUT2D eigenvalue weighted by Crippen LogP contribution is 2.54. The Morgan fingerprint density at radius 2 is 1.09 bits per heavy atom. The topological polar surface area (TPSA) is 9.23 Å². The van der Waals surface area contributed by atoms with Gasteiger partial charge >= 0.3 is 42.3 Å². The van der Waals surface area contributed by atoms with E-state index in [1.807, 2.05) is 0 Å². The Bertz CT molecular complexity index is 469. The van der Waals surface area contributed by atoms with E-state index in [0.29, 0.717) is 15.8 Å². The van der Waals surface area contributed by atoms with E-state index in [1.165, 1.54) is 0 Å². The minimum atomic E-state index is -6.74. The Balaban J connectivity index is 3.43. The van der Waals surface area contributed by atoms with Gasteiger partial charge in [0.2, 0.25) is 0 Å². The van der Waals surface area contributed by atoms with Crippen LogP contribution in [0.2, 0.25) is 0 Å². The largest absolute Gasteiger partial charge is 0.506 e. The number of halogens is 10. The van der Waals surface area contributed by atoms with Crippen molar-refractivity contribution >= 4 is 34.8 Å². The number of hydrogen-bond donors (Lipinski definition) is 0. The highest BCUT2D eigenvalue weighted by atomic mass is 79.9. The van der Waals surface area contributed by atoms with E-state index < -0.39 is 48.1 Å². The molecule has 1 nitrogen and oxygen atoms in total. The summed E-state index contributed by atoms with van der Waals surface area (Å²) in [5.41, 5.74) is -6.29. The maximum absolute atomic E-state index is 12.6. The highest BCUT2D eigenvalue weighted by molar-refractivity contribution is 9.23. The molecule has 0 aromatic heterocycles. The molecule has 122 valence electrons. The first-order valence-corrected chi connectivity index (χ1v) is 9.91. The van der Waals surface area contributed by atoms with Crippen LogP contribution in [0, 0.1) is 0 Å². The van der Waals surface area contributed by atoms with E-state index in [4.69, 9.17) is 0 Å². The second-order valence-electron chi connectivity index (χ2n) is 4.05. The summed E-state index contributed by atoms with van der Waals surface area (Å²) in [6, 6.07) is 3.43. The Kier molecular flexibility index (Phi) is 5.61. The Labute approximate surface area is 133 Å². The molecule has 0 fully saturated rings. The van der Waals surface area contributed by atoms with Gasteiger partial charge in [-0.3, -0.25) is 12.9 Å². The maximum atomic E-state index is 12.6. The van der Waals surface area contributed by atoms with Crippen molar-refractivity contribution in [2.45, 2.75) is 24.1 Å². The Hall–Kier alpha value is -0.364. The Morgan fingerprint density at radius 3 is 1.36 bits per heavy atom. The molecule has 0 aliphatic rings. The Morgan fingerprint density at radius 1 is 0.727 bits per heavy atom. The van der Waals surface area contributed by atoms with Crippen molar-refractivity contribution in [2.24, 2.45) is 0 Å². The van der Waals surface area contributed by atoms with Crippen LogP contribution in [-0.2, 0) is 0 Å². The molecule has 1 aromatic carbocycles. The number of hydrogen-bond acceptors (Lipinski definition) is 1. The monoisotopic (exact) mass is 414 g/mol. The summed E-state index contributed by atoms with van der Waals surface area (Å²) in [5.74, 6) is -1.19. The van der Waals surface area contributed by atoms with Gasteiger partial charge < -0.3 is 4.74 Å². The standard InChI is InChI=1S/C10H4F9O.BrH.Mg/c11-8(12,13)7(9(14,15)16,10(17,18)19)20-6-4-2-1-3-5-6;;/h2-5H;1H;/q;;+1/p-1. The minimum Gasteiger partial charge on any atom is -0.462 e. The molecule has 0 aliphatic heterocycles. The second kappa shape index (κ2) is 6.27. The van der Waals surface area contributed by atoms with E-state index in [-0.39, 0.29) is 0 Å². The van der Waals surface area contributed by atoms with Crippen LogP contribution in [-0.4, -0.2) is 42.3 Å². The highest BCUT2D eigenvalue weighted by Gasteiger charge is 2.86. The third-order valence-corrected chi connectivity index (χ3v) is 5.27. The summed E-state index contributed by atoms with van der Waals surface area (Å²) >= 11 is 2.14. The average Bonchev–Trinajstić information content (AvgIpc) is 2.32. The molecular weight excluding hydrogens is 411 g/mol. The molecular formula is C10H4BrF9MgO. The lowest BCUT2D eigenvalue weighted by atomic mass is 10.0. The quantitative estimate of drug-likeness (QED) is 0.533. The van der Waals surface area contributed by atoms with Crippen LogP contribution in [0.1, 0.15) is 0 Å². The van der Waals surface area contributed by atoms with Crippen LogP contribution in [0.25, 0.3) is 0 Å². The molecule has 12 heteroatoms. The summed E-state index contributed by atoms with van der Waals surface area (Å²) in [4.78, 5) is 0. The van der Waals surface area contributed by atoms with Crippen molar-refractivity contribution < 1.29 is 44.3 Å². The van der Waals surface area contributed by atoms with Crippen molar-refractivity contribution in [3.05, 3.63) is 24.3 Å². The second-order valence-corrected chi connectivity index (χ2v) is 6.82. The van der Waals surface area contributed by atoms with Gasteiger partial charge in [0.1, 0.15) is 5.75 Å². The van der Waals surface area contributed by atoms with Crippen molar-refractivity contribution in [3.63, 3.8) is 0 Å². The van der Waals surface area contributed by atoms with Crippen LogP contribution < -0.4 is 8.43 Å². The zero-order chi connectivity index (χ0) is 17.4. The number of ether oxygens (including phenoxy) is 1. The van der Waals surface area contributed by atoms with E-state index in [2.05, 4.69) is 17.6 Å². The molecule has 0 radical (unpaired) electrons. The first-order valence-electron chi connectivity index (χ1n) is 5.30. The normalized spacial score (nSPS) is 13.7. The fourth-order valence-corrected chi connectivity index (χ4v) is 3.01. The van der Waals surface area contributed by atoms with Gasteiger partial charge in [-0.2, -0.15) is 43.2 Å². The summed E-state index contributed by atoms with van der Waals surface area (Å²) in [6.07, 6.45) is -20.2. The van der Waals surface area contributed by atoms with Gasteiger partial charge in [-0.15, -0.1) is 0 Å². The molecule has 0 N–H and O–H groups in total. The molecule has 0 heterocycles. The number of rotatable bonds is 3. The molecule has 0 saturated carbocycles. The van der Waals surface area contributed by atoms with Gasteiger partial charge in [0.15, 0.2) is 0 Å². The van der Waals surface area contributed by atoms with E-state index >= 15 is 0 Å². The number of benzene rings is 1. The predicted octanol–water partition coefficient (Wildman–Crippen LogP) is 4.13. The van der Waals surface area contributed by atoms with Gasteiger partial charge in [-0.05, 0) is 12.1 Å². The SMILES string of the molecule is FC(F)(F)C(Oc1cc[c]([Mg][Br])cc1)(C(F)(F)F)C(F)(F)F. The minimum absolute atomic E-state index is 0.559. The van der Waals surface area contributed by atoms with Crippen LogP contribution in [0.15, 0.2) is 24.3 Å². The molecule has 22 heavy (non-hydrogen) atoms. The van der Waals surface area contributed by atoms with Crippen LogP contribution >= 0.6 is 12.9 Å². The van der Waals surface area contributed by atoms with Crippen molar-refractivity contribution in [1.29, 1.82) is 0 Å². The summed E-state index contributed by atoms with van der Waals surface area (Å²) in [7, 11) is 0. The zero-order valence-corrected chi connectivity index (χ0v) is 13.2. The first-order chi connectivity index (χ1) is 9.76. The lowest BCUT2D eigenvalue weighted by Crippen LogP contribution is -2.69. The van der Waals surface area contributed by atoms with Crippen molar-refractivity contribution in [2.75, 3.05) is 0 Å². The molecule has 1 aromatic rings. The molecule has 0 spiro atoms. The molecule has 0 atom stereocenters. The molecule has 0 unspecified atom stereocenters. The van der Waals surface area contributed by atoms with Crippen molar-refractivity contribution in [3.8, 4) is 5.75 Å². The molecule has 0 amide bonds. The van der Waals surface area contributed by atoms with Crippen LogP contribution in [0.4, 0.5) is 39.5 Å². The van der Waals surface area contributed by atoms with Gasteiger partial charge in [0, 0.05) is 0 Å². The van der Waals surface area contributed by atoms with Crippen molar-refractivity contribution in [1.82, 2.24) is 0 Å². The van der Waals surface area contributed by atoms with Gasteiger partial charge in [0.25, 0.3) is 0 Å². The average molecular weight is 415 g/mol. The van der Waals surface area contributed by atoms with Crippen LogP contribution in [0.3, 0.4) is 0 Å². The van der Waals surface area contributed by atoms with E-state index in [1.54, 1.807) is 0 Å². The smallest absolute Gasteiger partial charge is 0.462 e. The third kappa shape index (κ3) is 3.58. The zero-order valence-electron chi connectivity index (χ0n) is 10.2. The lowest BCUT2D eigenvalue weighted by molar-refractivity contribution is -0.436. The fraction of sp³-hybridized carbons (Fsp3) is 0.400. The lowest BCUT2D eigenvalue weighted by Gasteiger charge is -2.38. The summed E-state index contributed by atoms with van der Waals surface area (Å²) in [5, 5.41) is 0.